The van der Waals surface area contributed by atoms with E-state index in [2.05, 4.69) is 6.58 Å². The minimum atomic E-state index is 0.296. The summed E-state index contributed by atoms with van der Waals surface area (Å²) in [4.78, 5) is 11.8. The number of unbranched alkanes of at least 4 members (excludes halogenated alkanes) is 6. The minimum absolute atomic E-state index is 0.296. The third-order valence-electron chi connectivity index (χ3n) is 3.97. The van der Waals surface area contributed by atoms with Crippen LogP contribution in [0.15, 0.2) is 36.9 Å². The van der Waals surface area contributed by atoms with Crippen molar-refractivity contribution < 1.29 is 9.90 Å². The number of hydrogen-bond donors (Lipinski definition) is 1. The van der Waals surface area contributed by atoms with Gasteiger partial charge in [0.1, 0.15) is 11.5 Å². The molecule has 0 saturated carbocycles. The number of benzene rings is 1. The molecule has 0 fully saturated rings. The summed E-state index contributed by atoms with van der Waals surface area (Å²) in [5.74, 6) is 0.690. The van der Waals surface area contributed by atoms with Gasteiger partial charge in [0.2, 0.25) is 0 Å². The molecule has 0 atom stereocenters. The number of aryl methyl sites for hydroxylation is 1. The maximum absolute atomic E-state index is 11.8. The molecule has 1 aromatic carbocycles. The van der Waals surface area contributed by atoms with Crippen LogP contribution in [0.4, 0.5) is 0 Å². The summed E-state index contributed by atoms with van der Waals surface area (Å²) in [6.45, 7) is 3.73. The zero-order chi connectivity index (χ0) is 16.0. The SMILES string of the molecule is C=CCCCCCCCCC(=O)CCCc1ccc(O)cc1. The molecule has 0 aliphatic carbocycles. The Hall–Kier alpha value is -1.57. The molecule has 0 radical (unpaired) electrons. The molecule has 1 rings (SSSR count). The van der Waals surface area contributed by atoms with E-state index in [0.29, 0.717) is 18.0 Å². The summed E-state index contributed by atoms with van der Waals surface area (Å²) in [7, 11) is 0. The Morgan fingerprint density at radius 2 is 1.50 bits per heavy atom. The first kappa shape index (κ1) is 18.5. The molecule has 0 amide bonds. The normalized spacial score (nSPS) is 10.5. The lowest BCUT2D eigenvalue weighted by Crippen LogP contribution is -1.99. The maximum Gasteiger partial charge on any atom is 0.132 e. The van der Waals surface area contributed by atoms with Crippen molar-refractivity contribution >= 4 is 5.78 Å². The lowest BCUT2D eigenvalue weighted by molar-refractivity contribution is -0.119. The molecule has 0 aromatic heterocycles. The van der Waals surface area contributed by atoms with E-state index in [0.717, 1.165) is 32.1 Å². The van der Waals surface area contributed by atoms with Crippen LogP contribution in [0.2, 0.25) is 0 Å². The summed E-state index contributed by atoms with van der Waals surface area (Å²) in [6.07, 6.45) is 13.6. The maximum atomic E-state index is 11.8. The standard InChI is InChI=1S/C20H30O2/c1-2-3-4-5-6-7-8-9-12-19(21)13-10-11-18-14-16-20(22)17-15-18/h2,14-17,22H,1,3-13H2. The van der Waals surface area contributed by atoms with Crippen molar-refractivity contribution in [1.29, 1.82) is 0 Å². The highest BCUT2D eigenvalue weighted by molar-refractivity contribution is 5.78. The second-order valence-corrected chi connectivity index (χ2v) is 6.01. The topological polar surface area (TPSA) is 37.3 Å². The zero-order valence-corrected chi connectivity index (χ0v) is 13.7. The monoisotopic (exact) mass is 302 g/mol. The Bertz CT molecular complexity index is 420. The van der Waals surface area contributed by atoms with Crippen LogP contribution < -0.4 is 0 Å². The predicted octanol–water partition coefficient (Wildman–Crippen LogP) is 5.59. The molecule has 0 bridgehead atoms. The molecule has 2 nitrogen and oxygen atoms in total. The first-order valence-corrected chi connectivity index (χ1v) is 8.63. The quantitative estimate of drug-likeness (QED) is 0.381. The third-order valence-corrected chi connectivity index (χ3v) is 3.97. The second-order valence-electron chi connectivity index (χ2n) is 6.01. The average molecular weight is 302 g/mol. The second kappa shape index (κ2) is 12.0. The number of carbonyl (C=O) groups excluding carboxylic acids is 1. The van der Waals surface area contributed by atoms with E-state index >= 15 is 0 Å². The van der Waals surface area contributed by atoms with Gasteiger partial charge in [-0.2, -0.15) is 0 Å². The molecule has 1 aromatic rings. The van der Waals surface area contributed by atoms with Gasteiger partial charge in [-0.3, -0.25) is 4.79 Å². The number of ketones is 1. The zero-order valence-electron chi connectivity index (χ0n) is 13.7. The van der Waals surface area contributed by atoms with Gasteiger partial charge in [0.05, 0.1) is 0 Å². The third kappa shape index (κ3) is 9.38. The number of carbonyl (C=O) groups is 1. The van der Waals surface area contributed by atoms with Crippen LogP contribution in [0.25, 0.3) is 0 Å². The molecular weight excluding hydrogens is 272 g/mol. The smallest absolute Gasteiger partial charge is 0.132 e. The fourth-order valence-corrected chi connectivity index (χ4v) is 2.60. The van der Waals surface area contributed by atoms with Crippen LogP contribution in [0.1, 0.15) is 69.8 Å². The Labute approximate surface area is 135 Å². The summed E-state index contributed by atoms with van der Waals surface area (Å²) in [5, 5.41) is 9.21. The largest absolute Gasteiger partial charge is 0.508 e. The fraction of sp³-hybridized carbons (Fsp3) is 0.550. The minimum Gasteiger partial charge on any atom is -0.508 e. The van der Waals surface area contributed by atoms with Gasteiger partial charge in [-0.15, -0.1) is 6.58 Å². The number of phenolic OH excluding ortho intramolecular Hbond substituents is 1. The molecular formula is C20H30O2. The molecule has 0 aliphatic heterocycles. The molecule has 0 aliphatic rings. The molecule has 2 heteroatoms. The van der Waals surface area contributed by atoms with Gasteiger partial charge in [-0.05, 0) is 49.8 Å². The molecule has 22 heavy (non-hydrogen) atoms. The number of hydrogen-bond acceptors (Lipinski definition) is 2. The van der Waals surface area contributed by atoms with Crippen LogP contribution in [-0.2, 0) is 11.2 Å². The lowest BCUT2D eigenvalue weighted by Gasteiger charge is -2.03. The first-order valence-electron chi connectivity index (χ1n) is 8.63. The summed E-state index contributed by atoms with van der Waals surface area (Å²) >= 11 is 0. The van der Waals surface area contributed by atoms with Crippen molar-refractivity contribution in [3.63, 3.8) is 0 Å². The number of aromatic hydroxyl groups is 1. The number of phenols is 1. The van der Waals surface area contributed by atoms with E-state index in [9.17, 15) is 9.90 Å². The van der Waals surface area contributed by atoms with E-state index < -0.39 is 0 Å². The molecule has 0 heterocycles. The molecule has 1 N–H and O–H groups in total. The van der Waals surface area contributed by atoms with Crippen LogP contribution in [0, 0.1) is 0 Å². The van der Waals surface area contributed by atoms with Gasteiger partial charge < -0.3 is 5.11 Å². The van der Waals surface area contributed by atoms with Crippen molar-refractivity contribution in [2.45, 2.75) is 70.6 Å². The molecule has 0 saturated heterocycles. The van der Waals surface area contributed by atoms with Gasteiger partial charge in [-0.1, -0.05) is 43.9 Å². The lowest BCUT2D eigenvalue weighted by atomic mass is 10.0. The van der Waals surface area contributed by atoms with Gasteiger partial charge in [0.15, 0.2) is 0 Å². The summed E-state index contributed by atoms with van der Waals surface area (Å²) < 4.78 is 0. The van der Waals surface area contributed by atoms with E-state index in [1.54, 1.807) is 12.1 Å². The van der Waals surface area contributed by atoms with E-state index in [-0.39, 0.29) is 0 Å². The van der Waals surface area contributed by atoms with E-state index in [4.69, 9.17) is 0 Å². The molecule has 0 unspecified atom stereocenters. The highest BCUT2D eigenvalue weighted by atomic mass is 16.3. The Morgan fingerprint density at radius 3 is 2.18 bits per heavy atom. The Balaban J connectivity index is 1.95. The summed E-state index contributed by atoms with van der Waals surface area (Å²) in [5.41, 5.74) is 1.19. The fourth-order valence-electron chi connectivity index (χ4n) is 2.60. The van der Waals surface area contributed by atoms with Gasteiger partial charge >= 0.3 is 0 Å². The van der Waals surface area contributed by atoms with Crippen molar-refractivity contribution in [1.82, 2.24) is 0 Å². The predicted molar refractivity (Wildman–Crippen MR) is 93.2 cm³/mol. The van der Waals surface area contributed by atoms with E-state index in [1.165, 1.54) is 37.7 Å². The Kier molecular flexibility index (Phi) is 10.1. The van der Waals surface area contributed by atoms with Gasteiger partial charge in [0.25, 0.3) is 0 Å². The number of allylic oxidation sites excluding steroid dienone is 1. The van der Waals surface area contributed by atoms with Crippen LogP contribution in [-0.4, -0.2) is 10.9 Å². The highest BCUT2D eigenvalue weighted by Crippen LogP contribution is 2.13. The number of rotatable bonds is 13. The first-order chi connectivity index (χ1) is 10.7. The van der Waals surface area contributed by atoms with Crippen LogP contribution >= 0.6 is 0 Å². The molecule has 0 spiro atoms. The summed E-state index contributed by atoms with van der Waals surface area (Å²) in [6, 6.07) is 7.25. The van der Waals surface area contributed by atoms with Crippen molar-refractivity contribution in [2.24, 2.45) is 0 Å². The van der Waals surface area contributed by atoms with Crippen molar-refractivity contribution in [2.75, 3.05) is 0 Å². The average Bonchev–Trinajstić information content (AvgIpc) is 2.52. The van der Waals surface area contributed by atoms with Gasteiger partial charge in [0, 0.05) is 12.8 Å². The van der Waals surface area contributed by atoms with Crippen LogP contribution in [0.3, 0.4) is 0 Å². The van der Waals surface area contributed by atoms with E-state index in [1.807, 2.05) is 18.2 Å². The Morgan fingerprint density at radius 1 is 0.909 bits per heavy atom. The number of Topliss-reactive ketones (excluding diaryl/α,β-unsaturated/α-hetero) is 1. The highest BCUT2D eigenvalue weighted by Gasteiger charge is 2.02. The van der Waals surface area contributed by atoms with Crippen molar-refractivity contribution in [3.05, 3.63) is 42.5 Å². The van der Waals surface area contributed by atoms with Gasteiger partial charge in [-0.25, -0.2) is 0 Å². The van der Waals surface area contributed by atoms with Crippen LogP contribution in [0.5, 0.6) is 5.75 Å². The van der Waals surface area contributed by atoms with Crippen molar-refractivity contribution in [3.8, 4) is 5.75 Å². The molecule has 122 valence electrons.